The van der Waals surface area contributed by atoms with Gasteiger partial charge in [-0.05, 0) is 18.8 Å². The fourth-order valence-corrected chi connectivity index (χ4v) is 3.52. The van der Waals surface area contributed by atoms with Gasteiger partial charge in [-0.1, -0.05) is 37.2 Å². The van der Waals surface area contributed by atoms with E-state index in [1.807, 2.05) is 13.8 Å². The zero-order valence-electron chi connectivity index (χ0n) is 13.9. The van der Waals surface area contributed by atoms with Crippen molar-refractivity contribution in [1.29, 1.82) is 0 Å². The molecule has 0 aromatic carbocycles. The molecule has 5 N–H and O–H groups in total. The zero-order chi connectivity index (χ0) is 19.2. The number of aliphatic hydroxyl groups excluding tert-OH is 4. The van der Waals surface area contributed by atoms with E-state index in [1.54, 1.807) is 0 Å². The minimum absolute atomic E-state index is 0.114. The first-order chi connectivity index (χ1) is 11.5. The van der Waals surface area contributed by atoms with E-state index in [9.17, 15) is 28.8 Å². The van der Waals surface area contributed by atoms with Gasteiger partial charge in [0.2, 0.25) is 0 Å². The molecule has 1 rings (SSSR count). The summed E-state index contributed by atoms with van der Waals surface area (Å²) >= 11 is 0.786. The van der Waals surface area contributed by atoms with Crippen molar-refractivity contribution in [2.45, 2.75) is 63.0 Å². The molecular weight excluding hydrogens is 378 g/mol. The Kier molecular flexibility index (Phi) is 9.04. The summed E-state index contributed by atoms with van der Waals surface area (Å²) in [5, 5.41) is 42.2. The van der Waals surface area contributed by atoms with Gasteiger partial charge in [-0.3, -0.25) is 4.55 Å². The number of thioether (sulfide) groups is 1. The first kappa shape index (κ1) is 22.6. The third-order valence-corrected chi connectivity index (χ3v) is 4.94. The summed E-state index contributed by atoms with van der Waals surface area (Å²) in [5.74, 6) is 0.404. The minimum atomic E-state index is -4.78. The molecule has 0 amide bonds. The molecule has 0 unspecified atom stereocenters. The van der Waals surface area contributed by atoms with Crippen LogP contribution in [0, 0.1) is 5.92 Å². The van der Waals surface area contributed by atoms with Crippen molar-refractivity contribution in [2.75, 3.05) is 6.61 Å². The smallest absolute Gasteiger partial charge is 0.394 e. The van der Waals surface area contributed by atoms with Gasteiger partial charge in [0, 0.05) is 0 Å². The van der Waals surface area contributed by atoms with E-state index in [2.05, 4.69) is 9.44 Å². The third-order valence-electron chi connectivity index (χ3n) is 3.51. The Morgan fingerprint density at radius 3 is 2.40 bits per heavy atom. The number of hydrogen-bond acceptors (Lipinski definition) is 10. The highest BCUT2D eigenvalue weighted by atomic mass is 32.3. The molecule has 0 aliphatic carbocycles. The molecule has 0 spiro atoms. The average Bonchev–Trinajstić information content (AvgIpc) is 2.51. The topological polar surface area (TPSA) is 166 Å². The highest BCUT2D eigenvalue weighted by Gasteiger charge is 2.44. The highest BCUT2D eigenvalue weighted by molar-refractivity contribution is 8.14. The molecule has 0 aromatic heterocycles. The lowest BCUT2D eigenvalue weighted by Gasteiger charge is -2.39. The van der Waals surface area contributed by atoms with Crippen molar-refractivity contribution in [1.82, 2.24) is 0 Å². The second-order valence-electron chi connectivity index (χ2n) is 6.09. The van der Waals surface area contributed by atoms with Crippen LogP contribution in [0.5, 0.6) is 0 Å². The Balaban J connectivity index is 2.83. The SMILES string of the molecule is CC(C)CCC/C(=N\OS(=O)(=O)O)S[C@H]1O[C@@H](CO)[C@H](O)[C@@H](O)[C@H]1O. The Bertz CT molecular complexity index is 538. The van der Waals surface area contributed by atoms with Crippen LogP contribution in [-0.2, 0) is 19.4 Å². The van der Waals surface area contributed by atoms with E-state index in [0.29, 0.717) is 12.3 Å². The van der Waals surface area contributed by atoms with Gasteiger partial charge in [0.25, 0.3) is 0 Å². The fraction of sp³-hybridized carbons (Fsp3) is 0.923. The summed E-state index contributed by atoms with van der Waals surface area (Å²) in [6, 6.07) is 0. The molecule has 0 radical (unpaired) electrons. The molecule has 1 aliphatic rings. The lowest BCUT2D eigenvalue weighted by atomic mass is 10.0. The molecule has 25 heavy (non-hydrogen) atoms. The van der Waals surface area contributed by atoms with Gasteiger partial charge in [0.15, 0.2) is 0 Å². The van der Waals surface area contributed by atoms with Crippen molar-refractivity contribution in [3.63, 3.8) is 0 Å². The Hall–Kier alpha value is -0.470. The van der Waals surface area contributed by atoms with E-state index < -0.39 is 46.9 Å². The first-order valence-electron chi connectivity index (χ1n) is 7.75. The number of oxime groups is 1. The molecule has 0 bridgehead atoms. The van der Waals surface area contributed by atoms with Crippen LogP contribution in [0.4, 0.5) is 0 Å². The summed E-state index contributed by atoms with van der Waals surface area (Å²) < 4.78 is 39.4. The molecule has 12 heteroatoms. The van der Waals surface area contributed by atoms with Crippen molar-refractivity contribution in [3.8, 4) is 0 Å². The number of ether oxygens (including phenoxy) is 1. The van der Waals surface area contributed by atoms with Gasteiger partial charge in [-0.15, -0.1) is 0 Å². The van der Waals surface area contributed by atoms with Crippen LogP contribution < -0.4 is 0 Å². The normalized spacial score (nSPS) is 31.4. The zero-order valence-corrected chi connectivity index (χ0v) is 15.6. The second kappa shape index (κ2) is 10.0. The maximum Gasteiger partial charge on any atom is 0.466 e. The molecule has 1 aliphatic heterocycles. The van der Waals surface area contributed by atoms with Crippen molar-refractivity contribution in [3.05, 3.63) is 0 Å². The van der Waals surface area contributed by atoms with E-state index in [-0.39, 0.29) is 11.5 Å². The fourth-order valence-electron chi connectivity index (χ4n) is 2.18. The molecule has 0 saturated carbocycles. The van der Waals surface area contributed by atoms with Crippen molar-refractivity contribution >= 4 is 27.2 Å². The lowest BCUT2D eigenvalue weighted by Crippen LogP contribution is -2.57. The van der Waals surface area contributed by atoms with Gasteiger partial charge >= 0.3 is 10.4 Å². The van der Waals surface area contributed by atoms with E-state index in [4.69, 9.17) is 9.29 Å². The highest BCUT2D eigenvalue weighted by Crippen LogP contribution is 2.30. The molecule has 10 nitrogen and oxygen atoms in total. The third kappa shape index (κ3) is 7.74. The van der Waals surface area contributed by atoms with Crippen LogP contribution >= 0.6 is 11.8 Å². The summed E-state index contributed by atoms with van der Waals surface area (Å²) in [6.45, 7) is 3.44. The molecule has 0 aromatic rings. The molecule has 1 saturated heterocycles. The standard InChI is InChI=1S/C13H25NO9S2/c1-7(2)4-3-5-9(14-23-25(19,20)21)24-13-12(18)11(17)10(16)8(6-15)22-13/h7-8,10-13,15-18H,3-6H2,1-2H3,(H,19,20,21)/b14-9+/t8-,10-,11+,12+,13+/m0/s1. The second-order valence-corrected chi connectivity index (χ2v) is 8.26. The van der Waals surface area contributed by atoms with Crippen LogP contribution in [-0.4, -0.2) is 74.9 Å². The maximum absolute atomic E-state index is 10.7. The monoisotopic (exact) mass is 403 g/mol. The Morgan fingerprint density at radius 1 is 1.24 bits per heavy atom. The number of rotatable bonds is 8. The summed E-state index contributed by atoms with van der Waals surface area (Å²) in [4.78, 5) is 0. The van der Waals surface area contributed by atoms with Gasteiger partial charge in [0.1, 0.15) is 34.9 Å². The minimum Gasteiger partial charge on any atom is -0.394 e. The molecule has 1 fully saturated rings. The molecular formula is C13H25NO9S2. The van der Waals surface area contributed by atoms with Crippen LogP contribution in [0.3, 0.4) is 0 Å². The quantitative estimate of drug-likeness (QED) is 0.154. The van der Waals surface area contributed by atoms with Crippen LogP contribution in [0.25, 0.3) is 0 Å². The summed E-state index contributed by atoms with van der Waals surface area (Å²) in [7, 11) is -4.78. The van der Waals surface area contributed by atoms with E-state index in [0.717, 1.165) is 18.2 Å². The van der Waals surface area contributed by atoms with Crippen LogP contribution in [0.1, 0.15) is 33.1 Å². The van der Waals surface area contributed by atoms with Gasteiger partial charge < -0.3 is 25.2 Å². The van der Waals surface area contributed by atoms with Crippen LogP contribution in [0.15, 0.2) is 5.16 Å². The maximum atomic E-state index is 10.7. The predicted octanol–water partition coefficient (Wildman–Crippen LogP) is -0.521. The molecule has 1 heterocycles. The average molecular weight is 403 g/mol. The number of hydrogen-bond donors (Lipinski definition) is 5. The van der Waals surface area contributed by atoms with E-state index in [1.165, 1.54) is 0 Å². The predicted molar refractivity (Wildman–Crippen MR) is 90.1 cm³/mol. The van der Waals surface area contributed by atoms with Gasteiger partial charge in [-0.2, -0.15) is 8.42 Å². The molecule has 5 atom stereocenters. The van der Waals surface area contributed by atoms with Crippen molar-refractivity contribution < 1.29 is 42.4 Å². The number of nitrogens with zero attached hydrogens (tertiary/aromatic N) is 1. The lowest BCUT2D eigenvalue weighted by molar-refractivity contribution is -0.205. The summed E-state index contributed by atoms with van der Waals surface area (Å²) in [5.41, 5.74) is -1.11. The Labute approximate surface area is 150 Å². The molecule has 148 valence electrons. The largest absolute Gasteiger partial charge is 0.466 e. The van der Waals surface area contributed by atoms with E-state index >= 15 is 0 Å². The van der Waals surface area contributed by atoms with Gasteiger partial charge in [-0.25, -0.2) is 4.28 Å². The van der Waals surface area contributed by atoms with Crippen LogP contribution in [0.2, 0.25) is 0 Å². The summed E-state index contributed by atoms with van der Waals surface area (Å²) in [6.07, 6.45) is -3.89. The number of aliphatic hydroxyl groups is 4. The first-order valence-corrected chi connectivity index (χ1v) is 9.99. The van der Waals surface area contributed by atoms with Gasteiger partial charge in [0.05, 0.1) is 6.61 Å². The van der Waals surface area contributed by atoms with Crippen molar-refractivity contribution in [2.24, 2.45) is 11.1 Å². The Morgan fingerprint density at radius 2 is 1.88 bits per heavy atom.